The van der Waals surface area contributed by atoms with Gasteiger partial charge in [0.2, 0.25) is 11.8 Å². The van der Waals surface area contributed by atoms with E-state index in [2.05, 4.69) is 15.6 Å². The topological polar surface area (TPSA) is 71.1 Å². The molecule has 0 atom stereocenters. The molecule has 1 aromatic carbocycles. The standard InChI is InChI=1S/C15H13ClFN3O2/c16-11-3-6-13(18-8-11)20-15(22)9-19-14(21)7-10-1-4-12(17)5-2-10/h1-6,8H,7,9H2,(H,19,21)(H,18,20,22). The van der Waals surface area contributed by atoms with Crippen LogP contribution in [-0.2, 0) is 16.0 Å². The van der Waals surface area contributed by atoms with Crippen LogP contribution in [0.3, 0.4) is 0 Å². The second-order valence-electron chi connectivity index (χ2n) is 4.49. The van der Waals surface area contributed by atoms with Crippen LogP contribution in [0.15, 0.2) is 42.6 Å². The smallest absolute Gasteiger partial charge is 0.244 e. The van der Waals surface area contributed by atoms with Crippen molar-refractivity contribution in [2.75, 3.05) is 11.9 Å². The number of hydrogen-bond donors (Lipinski definition) is 2. The normalized spacial score (nSPS) is 10.1. The van der Waals surface area contributed by atoms with Crippen LogP contribution in [0.25, 0.3) is 0 Å². The molecular formula is C15H13ClFN3O2. The summed E-state index contributed by atoms with van der Waals surface area (Å²) in [5.74, 6) is -0.741. The van der Waals surface area contributed by atoms with Crippen LogP contribution in [0.5, 0.6) is 0 Å². The molecule has 0 saturated carbocycles. The molecule has 0 aliphatic carbocycles. The van der Waals surface area contributed by atoms with E-state index in [9.17, 15) is 14.0 Å². The Bertz CT molecular complexity index is 600. The van der Waals surface area contributed by atoms with Gasteiger partial charge < -0.3 is 10.6 Å². The van der Waals surface area contributed by atoms with E-state index in [0.29, 0.717) is 16.4 Å². The number of benzene rings is 1. The van der Waals surface area contributed by atoms with Crippen molar-refractivity contribution in [3.63, 3.8) is 0 Å². The van der Waals surface area contributed by atoms with Crippen molar-refractivity contribution in [3.05, 3.63) is 59.0 Å². The Balaban J connectivity index is 1.76. The fourth-order valence-electron chi connectivity index (χ4n) is 1.67. The highest BCUT2D eigenvalue weighted by Crippen LogP contribution is 2.09. The first kappa shape index (κ1) is 15.9. The van der Waals surface area contributed by atoms with Crippen LogP contribution < -0.4 is 10.6 Å². The van der Waals surface area contributed by atoms with Gasteiger partial charge in [0, 0.05) is 6.20 Å². The highest BCUT2D eigenvalue weighted by atomic mass is 35.5. The lowest BCUT2D eigenvalue weighted by Crippen LogP contribution is -2.33. The van der Waals surface area contributed by atoms with Crippen molar-refractivity contribution in [1.82, 2.24) is 10.3 Å². The van der Waals surface area contributed by atoms with Crippen LogP contribution in [0.1, 0.15) is 5.56 Å². The average Bonchev–Trinajstić information content (AvgIpc) is 2.50. The third kappa shape index (κ3) is 5.14. The Labute approximate surface area is 131 Å². The number of nitrogens with one attached hydrogen (secondary N) is 2. The summed E-state index contributed by atoms with van der Waals surface area (Å²) in [7, 11) is 0. The van der Waals surface area contributed by atoms with Gasteiger partial charge in [0.25, 0.3) is 0 Å². The molecule has 7 heteroatoms. The van der Waals surface area contributed by atoms with E-state index >= 15 is 0 Å². The Morgan fingerprint density at radius 1 is 1.09 bits per heavy atom. The monoisotopic (exact) mass is 321 g/mol. The number of carbonyl (C=O) groups is 2. The zero-order chi connectivity index (χ0) is 15.9. The van der Waals surface area contributed by atoms with Crippen molar-refractivity contribution in [2.24, 2.45) is 0 Å². The molecule has 0 fully saturated rings. The molecule has 1 aromatic heterocycles. The number of nitrogens with zero attached hydrogens (tertiary/aromatic N) is 1. The molecule has 0 aliphatic rings. The van der Waals surface area contributed by atoms with Crippen molar-refractivity contribution in [1.29, 1.82) is 0 Å². The fourth-order valence-corrected chi connectivity index (χ4v) is 1.78. The maximum absolute atomic E-state index is 12.7. The molecule has 114 valence electrons. The average molecular weight is 322 g/mol. The molecule has 0 aliphatic heterocycles. The van der Waals surface area contributed by atoms with Gasteiger partial charge >= 0.3 is 0 Å². The van der Waals surface area contributed by atoms with Crippen molar-refractivity contribution in [2.45, 2.75) is 6.42 Å². The van der Waals surface area contributed by atoms with E-state index in [1.165, 1.54) is 30.5 Å². The third-order valence-electron chi connectivity index (χ3n) is 2.72. The summed E-state index contributed by atoms with van der Waals surface area (Å²) in [6, 6.07) is 8.75. The van der Waals surface area contributed by atoms with E-state index in [0.717, 1.165) is 0 Å². The summed E-state index contributed by atoms with van der Waals surface area (Å²) < 4.78 is 12.7. The van der Waals surface area contributed by atoms with Gasteiger partial charge in [0.1, 0.15) is 11.6 Å². The first-order valence-corrected chi connectivity index (χ1v) is 6.83. The number of amides is 2. The summed E-state index contributed by atoms with van der Waals surface area (Å²) in [5, 5.41) is 5.46. The molecule has 0 unspecified atom stereocenters. The maximum Gasteiger partial charge on any atom is 0.244 e. The van der Waals surface area contributed by atoms with Gasteiger partial charge in [-0.1, -0.05) is 23.7 Å². The molecule has 22 heavy (non-hydrogen) atoms. The van der Waals surface area contributed by atoms with Crippen molar-refractivity contribution in [3.8, 4) is 0 Å². The molecule has 1 heterocycles. The molecule has 0 radical (unpaired) electrons. The molecule has 0 spiro atoms. The Morgan fingerprint density at radius 2 is 1.82 bits per heavy atom. The number of hydrogen-bond acceptors (Lipinski definition) is 3. The quantitative estimate of drug-likeness (QED) is 0.886. The van der Waals surface area contributed by atoms with E-state index in [-0.39, 0.29) is 24.7 Å². The first-order chi connectivity index (χ1) is 10.5. The molecule has 5 nitrogen and oxygen atoms in total. The minimum atomic E-state index is -0.401. The first-order valence-electron chi connectivity index (χ1n) is 6.45. The van der Waals surface area contributed by atoms with Gasteiger partial charge in [-0.2, -0.15) is 0 Å². The SMILES string of the molecule is O=C(Cc1ccc(F)cc1)NCC(=O)Nc1ccc(Cl)cn1. The lowest BCUT2D eigenvalue weighted by molar-refractivity contribution is -0.123. The third-order valence-corrected chi connectivity index (χ3v) is 2.94. The number of carbonyl (C=O) groups excluding carboxylic acids is 2. The minimum Gasteiger partial charge on any atom is -0.347 e. The zero-order valence-corrected chi connectivity index (χ0v) is 12.2. The fraction of sp³-hybridized carbons (Fsp3) is 0.133. The van der Waals surface area contributed by atoms with Crippen LogP contribution >= 0.6 is 11.6 Å². The zero-order valence-electron chi connectivity index (χ0n) is 11.5. The summed E-state index contributed by atoms with van der Waals surface area (Å²) in [6.45, 7) is -0.176. The molecule has 0 saturated heterocycles. The molecule has 2 N–H and O–H groups in total. The largest absolute Gasteiger partial charge is 0.347 e. The minimum absolute atomic E-state index is 0.0761. The van der Waals surface area contributed by atoms with Gasteiger partial charge in [0.05, 0.1) is 18.0 Å². The number of rotatable bonds is 5. The van der Waals surface area contributed by atoms with E-state index in [4.69, 9.17) is 11.6 Å². The predicted molar refractivity (Wildman–Crippen MR) is 81.0 cm³/mol. The molecular weight excluding hydrogens is 309 g/mol. The van der Waals surface area contributed by atoms with Crippen molar-refractivity contribution < 1.29 is 14.0 Å². The highest BCUT2D eigenvalue weighted by Gasteiger charge is 2.07. The molecule has 0 bridgehead atoms. The molecule has 2 aromatic rings. The van der Waals surface area contributed by atoms with Gasteiger partial charge in [-0.05, 0) is 29.8 Å². The summed E-state index contributed by atoms with van der Waals surface area (Å²) in [5.41, 5.74) is 0.665. The summed E-state index contributed by atoms with van der Waals surface area (Å²) in [4.78, 5) is 27.2. The molecule has 2 amide bonds. The van der Waals surface area contributed by atoms with Gasteiger partial charge in [0.15, 0.2) is 0 Å². The van der Waals surface area contributed by atoms with E-state index in [1.54, 1.807) is 12.1 Å². The van der Waals surface area contributed by atoms with Crippen LogP contribution in [0.2, 0.25) is 5.02 Å². The Hall–Kier alpha value is -2.47. The van der Waals surface area contributed by atoms with Gasteiger partial charge in [-0.15, -0.1) is 0 Å². The lowest BCUT2D eigenvalue weighted by Gasteiger charge is -2.06. The second-order valence-corrected chi connectivity index (χ2v) is 4.93. The molecule has 2 rings (SSSR count). The number of halogens is 2. The summed E-state index contributed by atoms with van der Waals surface area (Å²) >= 11 is 5.68. The van der Waals surface area contributed by atoms with Crippen molar-refractivity contribution >= 4 is 29.2 Å². The van der Waals surface area contributed by atoms with Crippen LogP contribution in [0.4, 0.5) is 10.2 Å². The number of aromatic nitrogens is 1. The van der Waals surface area contributed by atoms with Gasteiger partial charge in [-0.25, -0.2) is 9.37 Å². The maximum atomic E-state index is 12.7. The number of anilines is 1. The predicted octanol–water partition coefficient (Wildman–Crippen LogP) is 2.17. The van der Waals surface area contributed by atoms with E-state index < -0.39 is 5.91 Å². The Morgan fingerprint density at radius 3 is 2.45 bits per heavy atom. The second kappa shape index (κ2) is 7.51. The number of pyridine rings is 1. The van der Waals surface area contributed by atoms with Gasteiger partial charge in [-0.3, -0.25) is 9.59 Å². The Kier molecular flexibility index (Phi) is 5.43. The van der Waals surface area contributed by atoms with E-state index in [1.807, 2.05) is 0 Å². The van der Waals surface area contributed by atoms with Crippen LogP contribution in [0, 0.1) is 5.82 Å². The van der Waals surface area contributed by atoms with Crippen LogP contribution in [-0.4, -0.2) is 23.3 Å². The summed E-state index contributed by atoms with van der Waals surface area (Å²) in [6.07, 6.45) is 1.48. The highest BCUT2D eigenvalue weighted by molar-refractivity contribution is 6.30. The lowest BCUT2D eigenvalue weighted by atomic mass is 10.1.